The summed E-state index contributed by atoms with van der Waals surface area (Å²) in [6.45, 7) is 3.50. The van der Waals surface area contributed by atoms with Crippen LogP contribution in [0.1, 0.15) is 35.3 Å². The summed E-state index contributed by atoms with van der Waals surface area (Å²) in [7, 11) is 3.02. The average molecular weight is 509 g/mol. The first kappa shape index (κ1) is 24.0. The molecule has 1 spiro atoms. The van der Waals surface area contributed by atoms with Crippen molar-refractivity contribution in [3.8, 4) is 11.5 Å². The summed E-state index contributed by atoms with van der Waals surface area (Å²) in [6, 6.07) is 18.9. The molecule has 3 aliphatic heterocycles. The molecule has 4 atom stereocenters. The molecule has 38 heavy (non-hydrogen) atoms. The number of Topliss-reactive ketones (excluding diaryl/α,β-unsaturated/α-hetero) is 2. The van der Waals surface area contributed by atoms with Crippen LogP contribution in [0.5, 0.6) is 11.5 Å². The standard InChI is InChI=1S/C31H28N2O5/c1-17-15-26-31(22-10-6-7-11-23(22)32-30(31)36)27(29(35)21-16-19(37-3)13-14-25(21)38-4)28(18(2)34)33(26)24-12-8-5-9-20(17)24/h5-16,26-28H,1-4H3,(H,32,36)/t26-,27+,28-,31-/m1/s1. The predicted octanol–water partition coefficient (Wildman–Crippen LogP) is 4.66. The van der Waals surface area contributed by atoms with Gasteiger partial charge >= 0.3 is 0 Å². The molecule has 6 rings (SSSR count). The van der Waals surface area contributed by atoms with Crippen LogP contribution in [0.25, 0.3) is 5.57 Å². The lowest BCUT2D eigenvalue weighted by Gasteiger charge is -2.39. The van der Waals surface area contributed by atoms with Crippen LogP contribution in [-0.2, 0) is 15.0 Å². The lowest BCUT2D eigenvalue weighted by atomic mass is 9.64. The van der Waals surface area contributed by atoms with Crippen molar-refractivity contribution < 1.29 is 23.9 Å². The van der Waals surface area contributed by atoms with Crippen molar-refractivity contribution >= 4 is 34.4 Å². The molecule has 0 saturated carbocycles. The Hall–Kier alpha value is -4.39. The number of ketones is 2. The SMILES string of the molecule is COc1ccc(OC)c(C(=O)[C@@H]2[C@@H](C(C)=O)N3c4ccccc4C(C)=C[C@@H]3[C@@]23C(=O)Nc2ccccc23)c1. The highest BCUT2D eigenvalue weighted by Crippen LogP contribution is 2.58. The third-order valence-electron chi connectivity index (χ3n) is 8.25. The molecule has 1 N–H and O–H groups in total. The van der Waals surface area contributed by atoms with Crippen LogP contribution in [0, 0.1) is 5.92 Å². The molecule has 0 aliphatic carbocycles. The van der Waals surface area contributed by atoms with Gasteiger partial charge < -0.3 is 19.7 Å². The molecule has 0 aromatic heterocycles. The molecule has 192 valence electrons. The second-order valence-electron chi connectivity index (χ2n) is 10.1. The molecule has 0 bridgehead atoms. The van der Waals surface area contributed by atoms with Crippen molar-refractivity contribution in [1.29, 1.82) is 0 Å². The minimum absolute atomic E-state index is 0.188. The van der Waals surface area contributed by atoms with E-state index >= 15 is 0 Å². The number of amides is 1. The number of methoxy groups -OCH3 is 2. The molecule has 1 saturated heterocycles. The van der Waals surface area contributed by atoms with Gasteiger partial charge in [-0.1, -0.05) is 42.5 Å². The number of nitrogens with zero attached hydrogens (tertiary/aromatic N) is 1. The monoisotopic (exact) mass is 508 g/mol. The first-order chi connectivity index (χ1) is 18.3. The van der Waals surface area contributed by atoms with Gasteiger partial charge in [-0.05, 0) is 55.3 Å². The summed E-state index contributed by atoms with van der Waals surface area (Å²) >= 11 is 0. The zero-order valence-electron chi connectivity index (χ0n) is 21.6. The molecule has 0 unspecified atom stereocenters. The van der Waals surface area contributed by atoms with Crippen LogP contribution in [0.3, 0.4) is 0 Å². The summed E-state index contributed by atoms with van der Waals surface area (Å²) in [4.78, 5) is 44.5. The van der Waals surface area contributed by atoms with Crippen molar-refractivity contribution in [2.75, 3.05) is 24.4 Å². The van der Waals surface area contributed by atoms with E-state index in [0.29, 0.717) is 22.7 Å². The third kappa shape index (κ3) is 3.05. The van der Waals surface area contributed by atoms with Gasteiger partial charge in [0.05, 0.1) is 37.8 Å². The molecule has 3 aromatic carbocycles. The number of benzene rings is 3. The fourth-order valence-electron chi connectivity index (χ4n) is 6.71. The number of ether oxygens (including phenoxy) is 2. The van der Waals surface area contributed by atoms with E-state index in [9.17, 15) is 14.4 Å². The first-order valence-electron chi connectivity index (χ1n) is 12.6. The van der Waals surface area contributed by atoms with Gasteiger partial charge in [-0.15, -0.1) is 0 Å². The normalized spacial score (nSPS) is 24.7. The quantitative estimate of drug-likeness (QED) is 0.505. The van der Waals surface area contributed by atoms with Crippen molar-refractivity contribution in [2.45, 2.75) is 31.3 Å². The molecule has 3 aromatic rings. The largest absolute Gasteiger partial charge is 0.497 e. The van der Waals surface area contributed by atoms with Gasteiger partial charge in [0.2, 0.25) is 5.91 Å². The molecule has 7 heteroatoms. The maximum atomic E-state index is 14.7. The summed E-state index contributed by atoms with van der Waals surface area (Å²) in [5.74, 6) is -1.00. The number of carbonyl (C=O) groups excluding carboxylic acids is 3. The highest BCUT2D eigenvalue weighted by molar-refractivity contribution is 6.17. The summed E-state index contributed by atoms with van der Waals surface area (Å²) in [6.07, 6.45) is 2.04. The highest BCUT2D eigenvalue weighted by atomic mass is 16.5. The van der Waals surface area contributed by atoms with E-state index in [1.165, 1.54) is 21.1 Å². The molecule has 0 radical (unpaired) electrons. The van der Waals surface area contributed by atoms with Gasteiger partial charge in [0.25, 0.3) is 0 Å². The minimum Gasteiger partial charge on any atom is -0.497 e. The fraction of sp³-hybridized carbons (Fsp3) is 0.258. The van der Waals surface area contributed by atoms with Crippen LogP contribution in [-0.4, -0.2) is 43.8 Å². The van der Waals surface area contributed by atoms with E-state index in [2.05, 4.69) is 5.32 Å². The number of hydrogen-bond acceptors (Lipinski definition) is 6. The van der Waals surface area contributed by atoms with Crippen molar-refractivity contribution in [3.63, 3.8) is 0 Å². The molecule has 1 fully saturated rings. The number of hydrogen-bond donors (Lipinski definition) is 1. The van der Waals surface area contributed by atoms with E-state index in [0.717, 1.165) is 16.8 Å². The number of carbonyl (C=O) groups is 3. The summed E-state index contributed by atoms with van der Waals surface area (Å²) in [5.41, 5.74) is 3.11. The number of fused-ring (bicyclic) bond motifs is 6. The van der Waals surface area contributed by atoms with E-state index in [1.807, 2.05) is 66.4 Å². The lowest BCUT2D eigenvalue weighted by Crippen LogP contribution is -2.51. The molecule has 3 aliphatic rings. The Balaban J connectivity index is 1.68. The van der Waals surface area contributed by atoms with Gasteiger partial charge in [0.1, 0.15) is 16.9 Å². The van der Waals surface area contributed by atoms with E-state index < -0.39 is 23.4 Å². The first-order valence-corrected chi connectivity index (χ1v) is 12.6. The maximum Gasteiger partial charge on any atom is 0.238 e. The Morgan fingerprint density at radius 1 is 0.974 bits per heavy atom. The molecule has 7 nitrogen and oxygen atoms in total. The zero-order chi connectivity index (χ0) is 26.8. The number of para-hydroxylation sites is 2. The number of allylic oxidation sites excluding steroid dienone is 1. The average Bonchev–Trinajstić information content (AvgIpc) is 3.40. The number of rotatable bonds is 5. The Morgan fingerprint density at radius 3 is 2.45 bits per heavy atom. The van der Waals surface area contributed by atoms with Crippen molar-refractivity contribution in [3.05, 3.63) is 89.5 Å². The highest BCUT2D eigenvalue weighted by Gasteiger charge is 2.70. The molecular formula is C31H28N2O5. The molecule has 3 heterocycles. The van der Waals surface area contributed by atoms with E-state index in [4.69, 9.17) is 9.47 Å². The van der Waals surface area contributed by atoms with Crippen molar-refractivity contribution in [2.24, 2.45) is 5.92 Å². The second-order valence-corrected chi connectivity index (χ2v) is 10.1. The third-order valence-corrected chi connectivity index (χ3v) is 8.25. The summed E-state index contributed by atoms with van der Waals surface area (Å²) in [5, 5.41) is 3.03. The second kappa shape index (κ2) is 8.58. The van der Waals surface area contributed by atoms with E-state index in [-0.39, 0.29) is 23.0 Å². The molecule has 1 amide bonds. The molecular weight excluding hydrogens is 480 g/mol. The Bertz CT molecular complexity index is 1540. The van der Waals surface area contributed by atoms with Crippen LogP contribution in [0.15, 0.2) is 72.8 Å². The number of anilines is 2. The topological polar surface area (TPSA) is 84.9 Å². The van der Waals surface area contributed by atoms with Crippen molar-refractivity contribution in [1.82, 2.24) is 0 Å². The Labute approximate surface area is 221 Å². The van der Waals surface area contributed by atoms with E-state index in [1.54, 1.807) is 18.2 Å². The minimum atomic E-state index is -1.34. The Morgan fingerprint density at radius 2 is 1.71 bits per heavy atom. The van der Waals surface area contributed by atoms with Gasteiger partial charge in [0.15, 0.2) is 11.6 Å². The smallest absolute Gasteiger partial charge is 0.238 e. The van der Waals surface area contributed by atoms with Gasteiger partial charge in [0, 0.05) is 16.9 Å². The van der Waals surface area contributed by atoms with Gasteiger partial charge in [-0.2, -0.15) is 0 Å². The predicted molar refractivity (Wildman–Crippen MR) is 145 cm³/mol. The maximum absolute atomic E-state index is 14.7. The van der Waals surface area contributed by atoms with Crippen LogP contribution in [0.4, 0.5) is 11.4 Å². The Kier molecular flexibility index (Phi) is 5.42. The number of nitrogens with one attached hydrogen (secondary N) is 1. The lowest BCUT2D eigenvalue weighted by molar-refractivity contribution is -0.122. The van der Waals surface area contributed by atoms with Crippen LogP contribution < -0.4 is 19.7 Å². The fourth-order valence-corrected chi connectivity index (χ4v) is 6.71. The zero-order valence-corrected chi connectivity index (χ0v) is 21.6. The van der Waals surface area contributed by atoms with Crippen LogP contribution in [0.2, 0.25) is 0 Å². The van der Waals surface area contributed by atoms with Crippen LogP contribution >= 0.6 is 0 Å². The van der Waals surface area contributed by atoms with Gasteiger partial charge in [-0.3, -0.25) is 14.4 Å². The summed E-state index contributed by atoms with van der Waals surface area (Å²) < 4.78 is 11.0. The van der Waals surface area contributed by atoms with Gasteiger partial charge in [-0.25, -0.2) is 0 Å².